The minimum atomic E-state index is -0.755. The summed E-state index contributed by atoms with van der Waals surface area (Å²) in [4.78, 5) is 30.9. The number of carbonyl (C=O) groups excluding carboxylic acids is 1. The highest BCUT2D eigenvalue weighted by molar-refractivity contribution is 5.79. The molecule has 1 amide bonds. The number of aliphatic carboxylic acids is 1. The van der Waals surface area contributed by atoms with Crippen molar-refractivity contribution in [2.45, 2.75) is 84.6 Å². The Labute approximate surface area is 237 Å². The third kappa shape index (κ3) is 8.68. The summed E-state index contributed by atoms with van der Waals surface area (Å²) in [5.74, 6) is -0.399. The zero-order chi connectivity index (χ0) is 28.8. The van der Waals surface area contributed by atoms with Crippen molar-refractivity contribution in [3.63, 3.8) is 0 Å². The lowest BCUT2D eigenvalue weighted by atomic mass is 9.76. The highest BCUT2D eigenvalue weighted by atomic mass is 16.5. The van der Waals surface area contributed by atoms with Crippen LogP contribution in [0.15, 0.2) is 18.2 Å². The van der Waals surface area contributed by atoms with Crippen LogP contribution in [-0.2, 0) is 16.0 Å². The van der Waals surface area contributed by atoms with E-state index in [0.29, 0.717) is 13.2 Å². The number of likely N-dealkylation sites (tertiary alicyclic amines) is 1. The summed E-state index contributed by atoms with van der Waals surface area (Å²) < 4.78 is 6.59. The van der Waals surface area contributed by atoms with E-state index in [1.165, 1.54) is 0 Å². The summed E-state index contributed by atoms with van der Waals surface area (Å²) >= 11 is 0. The highest BCUT2D eigenvalue weighted by Crippen LogP contribution is 2.44. The molecule has 220 valence electrons. The van der Waals surface area contributed by atoms with E-state index in [2.05, 4.69) is 59.8 Å². The third-order valence-corrected chi connectivity index (χ3v) is 8.59. The Balaban J connectivity index is 1.87. The summed E-state index contributed by atoms with van der Waals surface area (Å²) in [6, 6.07) is 6.02. The van der Waals surface area contributed by atoms with Gasteiger partial charge in [0.05, 0.1) is 46.8 Å². The molecule has 39 heavy (non-hydrogen) atoms. The molecule has 2 aliphatic heterocycles. The van der Waals surface area contributed by atoms with Crippen LogP contribution in [0.1, 0.15) is 83.3 Å². The van der Waals surface area contributed by atoms with Crippen molar-refractivity contribution in [3.8, 4) is 5.75 Å². The van der Waals surface area contributed by atoms with Gasteiger partial charge in [0.2, 0.25) is 5.91 Å². The first-order chi connectivity index (χ1) is 18.3. The Hall–Kier alpha value is -2.12. The van der Waals surface area contributed by atoms with Crippen LogP contribution in [0.4, 0.5) is 0 Å². The van der Waals surface area contributed by atoms with Gasteiger partial charge in [-0.25, -0.2) is 0 Å². The molecule has 0 aromatic heterocycles. The molecule has 3 atom stereocenters. The molecule has 1 aromatic carbocycles. The Bertz CT molecular complexity index is 971. The summed E-state index contributed by atoms with van der Waals surface area (Å²) in [5.41, 5.74) is 2.23. The number of fused-ring (bicyclic) bond motifs is 1. The second-order valence-corrected chi connectivity index (χ2v) is 13.7. The molecular weight excluding hydrogens is 490 g/mol. The number of carboxylic acid groups (broad SMARTS) is 1. The molecule has 0 radical (unpaired) electrons. The Morgan fingerprint density at radius 1 is 1.13 bits per heavy atom. The van der Waals surface area contributed by atoms with Gasteiger partial charge in [0.1, 0.15) is 5.75 Å². The molecule has 1 aromatic rings. The lowest BCUT2D eigenvalue weighted by Crippen LogP contribution is -2.46. The van der Waals surface area contributed by atoms with Crippen molar-refractivity contribution in [1.29, 1.82) is 0 Å². The van der Waals surface area contributed by atoms with Gasteiger partial charge in [-0.1, -0.05) is 52.7 Å². The summed E-state index contributed by atoms with van der Waals surface area (Å²) in [6.45, 7) is 12.9. The van der Waals surface area contributed by atoms with E-state index in [1.54, 1.807) is 0 Å². The van der Waals surface area contributed by atoms with E-state index < -0.39 is 11.9 Å². The molecule has 0 aliphatic carbocycles. The van der Waals surface area contributed by atoms with Crippen molar-refractivity contribution in [3.05, 3.63) is 29.3 Å². The molecular formula is C32H54N3O4+. The molecule has 7 heteroatoms. The van der Waals surface area contributed by atoms with Gasteiger partial charge < -0.3 is 19.2 Å². The van der Waals surface area contributed by atoms with E-state index in [4.69, 9.17) is 4.74 Å². The second kappa shape index (κ2) is 13.5. The molecule has 1 N–H and O–H groups in total. The molecule has 7 nitrogen and oxygen atoms in total. The van der Waals surface area contributed by atoms with Crippen LogP contribution >= 0.6 is 0 Å². The first-order valence-corrected chi connectivity index (χ1v) is 15.2. The van der Waals surface area contributed by atoms with Gasteiger partial charge in [-0.3, -0.25) is 14.5 Å². The Morgan fingerprint density at radius 3 is 2.49 bits per heavy atom. The van der Waals surface area contributed by atoms with Gasteiger partial charge >= 0.3 is 5.97 Å². The first-order valence-electron chi connectivity index (χ1n) is 15.2. The standard InChI is InChI=1S/C32H53N3O4/c1-8-10-16-33(17-11-18-35(5,6)7)29(36)23-34-22-26(24-12-13-28-25(20-24)14-19-39-28)30(31(37)38)27(34)21-32(3,4)15-9-2/h12-13,20,26-27,30H,8-11,14-19,21-23H2,1-7H3/p+1/t26-,27+,30?/m1/s1. The fourth-order valence-electron chi connectivity index (χ4n) is 6.59. The van der Waals surface area contributed by atoms with Crippen molar-refractivity contribution >= 4 is 11.9 Å². The number of rotatable bonds is 15. The normalized spacial score (nSPS) is 21.6. The molecule has 0 saturated carbocycles. The summed E-state index contributed by atoms with van der Waals surface area (Å²) in [5, 5.41) is 10.6. The molecule has 0 spiro atoms. The van der Waals surface area contributed by atoms with E-state index in [1.807, 2.05) is 17.0 Å². The number of benzene rings is 1. The summed E-state index contributed by atoms with van der Waals surface area (Å²) in [6.07, 6.45) is 6.72. The number of quaternary nitrogens is 1. The quantitative estimate of drug-likeness (QED) is 0.314. The van der Waals surface area contributed by atoms with Gasteiger partial charge in [0.15, 0.2) is 0 Å². The highest BCUT2D eigenvalue weighted by Gasteiger charge is 2.48. The minimum absolute atomic E-state index is 0.00159. The maximum atomic E-state index is 13.8. The minimum Gasteiger partial charge on any atom is -0.493 e. The van der Waals surface area contributed by atoms with Crippen LogP contribution in [0, 0.1) is 11.3 Å². The smallest absolute Gasteiger partial charge is 0.308 e. The number of ether oxygens (including phenoxy) is 1. The number of amides is 1. The van der Waals surface area contributed by atoms with Gasteiger partial charge in [-0.15, -0.1) is 0 Å². The van der Waals surface area contributed by atoms with Gasteiger partial charge in [0.25, 0.3) is 0 Å². The molecule has 2 heterocycles. The monoisotopic (exact) mass is 544 g/mol. The van der Waals surface area contributed by atoms with E-state index in [9.17, 15) is 14.7 Å². The summed E-state index contributed by atoms with van der Waals surface area (Å²) in [7, 11) is 6.55. The van der Waals surface area contributed by atoms with Crippen LogP contribution in [-0.4, -0.2) is 97.8 Å². The van der Waals surface area contributed by atoms with Crippen molar-refractivity contribution < 1.29 is 23.9 Å². The van der Waals surface area contributed by atoms with E-state index >= 15 is 0 Å². The van der Waals surface area contributed by atoms with Gasteiger partial charge in [0, 0.05) is 44.4 Å². The number of hydrogen-bond donors (Lipinski definition) is 1. The Morgan fingerprint density at radius 2 is 1.85 bits per heavy atom. The second-order valence-electron chi connectivity index (χ2n) is 13.7. The van der Waals surface area contributed by atoms with E-state index in [-0.39, 0.29) is 29.8 Å². The lowest BCUT2D eigenvalue weighted by Gasteiger charge is -2.35. The number of carbonyl (C=O) groups is 2. The number of hydrogen-bond acceptors (Lipinski definition) is 4. The molecule has 1 fully saturated rings. The predicted molar refractivity (Wildman–Crippen MR) is 157 cm³/mol. The third-order valence-electron chi connectivity index (χ3n) is 8.59. The maximum Gasteiger partial charge on any atom is 0.308 e. The van der Waals surface area contributed by atoms with E-state index in [0.717, 1.165) is 85.9 Å². The molecule has 3 rings (SSSR count). The fourth-order valence-corrected chi connectivity index (χ4v) is 6.59. The van der Waals surface area contributed by atoms with Gasteiger partial charge in [-0.2, -0.15) is 0 Å². The van der Waals surface area contributed by atoms with Crippen LogP contribution in [0.2, 0.25) is 0 Å². The predicted octanol–water partition coefficient (Wildman–Crippen LogP) is 5.03. The maximum absolute atomic E-state index is 13.8. The molecule has 1 saturated heterocycles. The van der Waals surface area contributed by atoms with Crippen molar-refractivity contribution in [2.75, 3.05) is 60.5 Å². The lowest BCUT2D eigenvalue weighted by molar-refractivity contribution is -0.870. The van der Waals surface area contributed by atoms with Crippen LogP contribution in [0.3, 0.4) is 0 Å². The SMILES string of the molecule is CCCCN(CCC[N+](C)(C)C)C(=O)CN1C[C@H](c2ccc3c(c2)CCO3)C(C(=O)O)[C@@H]1CC(C)(C)CCC. The average molecular weight is 545 g/mol. The number of unbranched alkanes of at least 4 members (excludes halogenated alkanes) is 1. The largest absolute Gasteiger partial charge is 0.493 e. The zero-order valence-corrected chi connectivity index (χ0v) is 25.7. The van der Waals surface area contributed by atoms with Gasteiger partial charge in [-0.05, 0) is 41.9 Å². The number of carboxylic acids is 1. The van der Waals surface area contributed by atoms with Crippen LogP contribution < -0.4 is 4.74 Å². The van der Waals surface area contributed by atoms with Crippen molar-refractivity contribution in [2.24, 2.45) is 11.3 Å². The first kappa shape index (κ1) is 31.4. The molecule has 2 aliphatic rings. The topological polar surface area (TPSA) is 70.1 Å². The molecule has 1 unspecified atom stereocenters. The van der Waals surface area contributed by atoms with Crippen LogP contribution in [0.25, 0.3) is 0 Å². The molecule has 0 bridgehead atoms. The fraction of sp³-hybridized carbons (Fsp3) is 0.750. The average Bonchev–Trinajstić information content (AvgIpc) is 3.44. The number of nitrogens with zero attached hydrogens (tertiary/aromatic N) is 3. The van der Waals surface area contributed by atoms with Crippen molar-refractivity contribution in [1.82, 2.24) is 9.80 Å². The zero-order valence-electron chi connectivity index (χ0n) is 25.7. The Kier molecular flexibility index (Phi) is 10.9. The van der Waals surface area contributed by atoms with Crippen LogP contribution in [0.5, 0.6) is 5.75 Å².